The van der Waals surface area contributed by atoms with Gasteiger partial charge in [-0.1, -0.05) is 152 Å². The lowest BCUT2D eigenvalue weighted by atomic mass is 10.0. The Labute approximate surface area is 323 Å². The molecular formula is C51H33N5. The number of hydrogen-bond acceptors (Lipinski definition) is 3. The summed E-state index contributed by atoms with van der Waals surface area (Å²) in [6, 6.07) is 68.2. The fourth-order valence-corrected chi connectivity index (χ4v) is 8.12. The molecule has 5 nitrogen and oxygen atoms in total. The fraction of sp³-hybridized carbons (Fsp3) is 0. The van der Waals surface area contributed by atoms with Crippen molar-refractivity contribution in [2.45, 2.75) is 0 Å². The van der Waals surface area contributed by atoms with Crippen LogP contribution in [0.5, 0.6) is 0 Å². The summed E-state index contributed by atoms with van der Waals surface area (Å²) >= 11 is 0. The Kier molecular flexibility index (Phi) is 7.42. The standard InChI is InChI=1S/C51H33N5/c1-4-12-37(13-5-1)49-52-50(38-14-6-2-7-15-38)54-51(53-49)39-22-20-34(21-23-39)35-24-28-41(29-25-35)56-46-19-11-10-18-42(46)43-30-26-36-27-31-45-44(47(36)48(43)56)32-33-55(45)40-16-8-3-9-17-40/h1-33H. The van der Waals surface area contributed by atoms with Crippen LogP contribution in [0.4, 0.5) is 0 Å². The average Bonchev–Trinajstić information content (AvgIpc) is 3.87. The van der Waals surface area contributed by atoms with E-state index in [9.17, 15) is 0 Å². The maximum Gasteiger partial charge on any atom is 0.164 e. The molecule has 5 heteroatoms. The highest BCUT2D eigenvalue weighted by molar-refractivity contribution is 6.25. The first-order valence-corrected chi connectivity index (χ1v) is 18.9. The fourth-order valence-electron chi connectivity index (χ4n) is 8.12. The Morgan fingerprint density at radius 3 is 1.48 bits per heavy atom. The smallest absolute Gasteiger partial charge is 0.164 e. The Balaban J connectivity index is 0.999. The quantitative estimate of drug-likeness (QED) is 0.172. The molecule has 11 rings (SSSR count). The normalized spacial score (nSPS) is 11.6. The molecule has 0 aliphatic carbocycles. The van der Waals surface area contributed by atoms with Gasteiger partial charge in [-0.05, 0) is 59.0 Å². The Morgan fingerprint density at radius 2 is 0.839 bits per heavy atom. The molecule has 8 aromatic carbocycles. The van der Waals surface area contributed by atoms with E-state index in [4.69, 9.17) is 15.0 Å². The third-order valence-corrected chi connectivity index (χ3v) is 10.8. The molecule has 262 valence electrons. The van der Waals surface area contributed by atoms with Gasteiger partial charge >= 0.3 is 0 Å². The van der Waals surface area contributed by atoms with Crippen molar-refractivity contribution >= 4 is 43.5 Å². The molecule has 0 atom stereocenters. The van der Waals surface area contributed by atoms with E-state index in [-0.39, 0.29) is 0 Å². The summed E-state index contributed by atoms with van der Waals surface area (Å²) in [5.74, 6) is 1.95. The van der Waals surface area contributed by atoms with Crippen molar-refractivity contribution in [1.29, 1.82) is 0 Å². The minimum absolute atomic E-state index is 0.645. The first kappa shape index (κ1) is 31.9. The lowest BCUT2D eigenvalue weighted by Crippen LogP contribution is -2.00. The van der Waals surface area contributed by atoms with Crippen LogP contribution in [0.15, 0.2) is 200 Å². The Bertz CT molecular complexity index is 3140. The second-order valence-electron chi connectivity index (χ2n) is 14.1. The van der Waals surface area contributed by atoms with Gasteiger partial charge in [-0.25, -0.2) is 15.0 Å². The first-order valence-electron chi connectivity index (χ1n) is 18.9. The predicted molar refractivity (Wildman–Crippen MR) is 230 cm³/mol. The van der Waals surface area contributed by atoms with Crippen LogP contribution < -0.4 is 0 Å². The largest absolute Gasteiger partial charge is 0.317 e. The monoisotopic (exact) mass is 715 g/mol. The van der Waals surface area contributed by atoms with Crippen molar-refractivity contribution in [3.8, 4) is 56.7 Å². The van der Waals surface area contributed by atoms with Crippen molar-refractivity contribution in [3.63, 3.8) is 0 Å². The van der Waals surface area contributed by atoms with Crippen LogP contribution in [0, 0.1) is 0 Å². The van der Waals surface area contributed by atoms with E-state index in [1.807, 2.05) is 60.7 Å². The van der Waals surface area contributed by atoms with Gasteiger partial charge in [0.1, 0.15) is 0 Å². The highest BCUT2D eigenvalue weighted by atomic mass is 15.0. The SMILES string of the molecule is c1ccc(-c2nc(-c3ccccc3)nc(-c3ccc(-c4ccc(-n5c6ccccc6c6ccc7ccc8c(ccn8-c8ccccc8)c7c65)cc4)cc3)n2)cc1. The van der Waals surface area contributed by atoms with E-state index in [0.29, 0.717) is 17.5 Å². The molecule has 0 saturated carbocycles. The van der Waals surface area contributed by atoms with Crippen LogP contribution in [-0.2, 0) is 0 Å². The van der Waals surface area contributed by atoms with Gasteiger partial charge in [0, 0.05) is 55.8 Å². The van der Waals surface area contributed by atoms with Gasteiger partial charge < -0.3 is 9.13 Å². The second-order valence-corrected chi connectivity index (χ2v) is 14.1. The van der Waals surface area contributed by atoms with Gasteiger partial charge in [-0.15, -0.1) is 0 Å². The summed E-state index contributed by atoms with van der Waals surface area (Å²) in [4.78, 5) is 14.7. The molecule has 3 heterocycles. The molecule has 0 aliphatic rings. The molecule has 0 radical (unpaired) electrons. The topological polar surface area (TPSA) is 48.5 Å². The number of nitrogens with zero attached hydrogens (tertiary/aromatic N) is 5. The summed E-state index contributed by atoms with van der Waals surface area (Å²) in [6.07, 6.45) is 2.19. The van der Waals surface area contributed by atoms with Crippen molar-refractivity contribution in [2.75, 3.05) is 0 Å². The van der Waals surface area contributed by atoms with E-state index in [1.165, 1.54) is 43.5 Å². The average molecular weight is 716 g/mol. The number of aromatic nitrogens is 5. The van der Waals surface area contributed by atoms with Crippen molar-refractivity contribution in [3.05, 3.63) is 200 Å². The van der Waals surface area contributed by atoms with Crippen LogP contribution in [0.2, 0.25) is 0 Å². The number of fused-ring (bicyclic) bond motifs is 7. The minimum Gasteiger partial charge on any atom is -0.317 e. The van der Waals surface area contributed by atoms with Crippen molar-refractivity contribution < 1.29 is 0 Å². The molecule has 0 spiro atoms. The van der Waals surface area contributed by atoms with Gasteiger partial charge in [0.25, 0.3) is 0 Å². The molecule has 0 unspecified atom stereocenters. The van der Waals surface area contributed by atoms with Gasteiger partial charge in [0.05, 0.1) is 16.6 Å². The maximum atomic E-state index is 4.92. The lowest BCUT2D eigenvalue weighted by Gasteiger charge is -2.13. The van der Waals surface area contributed by atoms with Crippen LogP contribution in [-0.4, -0.2) is 24.1 Å². The third kappa shape index (κ3) is 5.29. The van der Waals surface area contributed by atoms with Gasteiger partial charge in [0.2, 0.25) is 0 Å². The van der Waals surface area contributed by atoms with E-state index in [1.54, 1.807) is 0 Å². The van der Waals surface area contributed by atoms with Gasteiger partial charge in [0.15, 0.2) is 17.5 Å². The second kappa shape index (κ2) is 13.0. The molecule has 11 aromatic rings. The lowest BCUT2D eigenvalue weighted by molar-refractivity contribution is 1.07. The molecule has 0 amide bonds. The van der Waals surface area contributed by atoms with Crippen LogP contribution >= 0.6 is 0 Å². The minimum atomic E-state index is 0.645. The predicted octanol–water partition coefficient (Wildman–Crippen LogP) is 12.7. The van der Waals surface area contributed by atoms with E-state index in [0.717, 1.165) is 39.2 Å². The molecule has 0 fully saturated rings. The van der Waals surface area contributed by atoms with E-state index in [2.05, 4.69) is 149 Å². The van der Waals surface area contributed by atoms with Crippen molar-refractivity contribution in [2.24, 2.45) is 0 Å². The Hall–Kier alpha value is -7.63. The maximum absolute atomic E-state index is 4.92. The van der Waals surface area contributed by atoms with Gasteiger partial charge in [-0.3, -0.25) is 0 Å². The molecule has 3 aromatic heterocycles. The molecule has 0 saturated heterocycles. The Morgan fingerprint density at radius 1 is 0.321 bits per heavy atom. The number of rotatable bonds is 6. The third-order valence-electron chi connectivity index (χ3n) is 10.8. The van der Waals surface area contributed by atoms with Crippen molar-refractivity contribution in [1.82, 2.24) is 24.1 Å². The van der Waals surface area contributed by atoms with E-state index < -0.39 is 0 Å². The molecular weight excluding hydrogens is 683 g/mol. The number of para-hydroxylation sites is 2. The molecule has 0 bridgehead atoms. The summed E-state index contributed by atoms with van der Waals surface area (Å²) in [6.45, 7) is 0. The van der Waals surface area contributed by atoms with Crippen LogP contribution in [0.25, 0.3) is 100 Å². The number of hydrogen-bond donors (Lipinski definition) is 0. The van der Waals surface area contributed by atoms with Crippen LogP contribution in [0.3, 0.4) is 0 Å². The van der Waals surface area contributed by atoms with E-state index >= 15 is 0 Å². The van der Waals surface area contributed by atoms with Gasteiger partial charge in [-0.2, -0.15) is 0 Å². The number of benzene rings is 8. The summed E-state index contributed by atoms with van der Waals surface area (Å²) < 4.78 is 4.72. The zero-order valence-corrected chi connectivity index (χ0v) is 30.3. The highest BCUT2D eigenvalue weighted by Crippen LogP contribution is 2.40. The summed E-state index contributed by atoms with van der Waals surface area (Å²) in [7, 11) is 0. The summed E-state index contributed by atoms with van der Waals surface area (Å²) in [5.41, 5.74) is 11.0. The zero-order chi connectivity index (χ0) is 37.0. The summed E-state index contributed by atoms with van der Waals surface area (Å²) in [5, 5.41) is 6.21. The van der Waals surface area contributed by atoms with Crippen LogP contribution in [0.1, 0.15) is 0 Å². The molecule has 0 aliphatic heterocycles. The highest BCUT2D eigenvalue weighted by Gasteiger charge is 2.18. The zero-order valence-electron chi connectivity index (χ0n) is 30.3. The molecule has 0 N–H and O–H groups in total. The first-order chi connectivity index (χ1) is 27.8. The molecule has 56 heavy (non-hydrogen) atoms.